The van der Waals surface area contributed by atoms with E-state index in [0.717, 1.165) is 41.3 Å². The van der Waals surface area contributed by atoms with Crippen molar-refractivity contribution in [2.75, 3.05) is 18.0 Å². The van der Waals surface area contributed by atoms with Crippen LogP contribution in [0.4, 0.5) is 5.13 Å². The number of nitrogens with zero attached hydrogens (tertiary/aromatic N) is 5. The Balaban J connectivity index is 1.38. The van der Waals surface area contributed by atoms with Gasteiger partial charge in [0.25, 0.3) is 5.91 Å². The zero-order chi connectivity index (χ0) is 16.5. The van der Waals surface area contributed by atoms with Crippen molar-refractivity contribution in [2.45, 2.75) is 18.9 Å². The molecule has 0 bridgehead atoms. The molecule has 0 aliphatic carbocycles. The summed E-state index contributed by atoms with van der Waals surface area (Å²) in [6, 6.07) is 3.93. The number of rotatable bonds is 3. The first-order valence-electron chi connectivity index (χ1n) is 7.95. The minimum atomic E-state index is -0.0560. The molecule has 0 unspecified atom stereocenters. The van der Waals surface area contributed by atoms with Crippen molar-refractivity contribution in [3.63, 3.8) is 0 Å². The first-order valence-corrected chi connectivity index (χ1v) is 8.77. The van der Waals surface area contributed by atoms with Gasteiger partial charge in [-0.1, -0.05) is 11.3 Å². The number of carbonyl (C=O) groups excluding carboxylic acids is 1. The number of aryl methyl sites for hydroxylation is 1. The highest BCUT2D eigenvalue weighted by atomic mass is 32.1. The minimum Gasteiger partial charge on any atom is -0.348 e. The summed E-state index contributed by atoms with van der Waals surface area (Å²) in [5.74, 6) is -0.0560. The van der Waals surface area contributed by atoms with E-state index in [9.17, 15) is 4.79 Å². The van der Waals surface area contributed by atoms with Crippen molar-refractivity contribution in [1.29, 1.82) is 0 Å². The van der Waals surface area contributed by atoms with Crippen molar-refractivity contribution in [3.05, 3.63) is 36.4 Å². The largest absolute Gasteiger partial charge is 0.348 e. The fourth-order valence-electron chi connectivity index (χ4n) is 2.97. The second kappa shape index (κ2) is 6.20. The van der Waals surface area contributed by atoms with Gasteiger partial charge in [-0.15, -0.1) is 0 Å². The Kier molecular flexibility index (Phi) is 3.89. The maximum atomic E-state index is 12.3. The van der Waals surface area contributed by atoms with Crippen LogP contribution < -0.4 is 10.2 Å². The molecule has 0 saturated carbocycles. The summed E-state index contributed by atoms with van der Waals surface area (Å²) in [5, 5.41) is 8.18. The SMILES string of the molecule is Cn1nccc1C(=O)NC1CCN(c2nc3cnccc3s2)CC1. The van der Waals surface area contributed by atoms with Crippen LogP contribution in [-0.4, -0.2) is 44.8 Å². The maximum absolute atomic E-state index is 12.3. The summed E-state index contributed by atoms with van der Waals surface area (Å²) < 4.78 is 2.76. The first kappa shape index (κ1) is 15.1. The number of pyridine rings is 1. The molecule has 1 fully saturated rings. The van der Waals surface area contributed by atoms with Crippen LogP contribution in [0.25, 0.3) is 10.2 Å². The van der Waals surface area contributed by atoms with Crippen LogP contribution in [-0.2, 0) is 7.05 Å². The molecule has 1 amide bonds. The molecule has 0 radical (unpaired) electrons. The predicted octanol–water partition coefficient (Wildman–Crippen LogP) is 1.82. The smallest absolute Gasteiger partial charge is 0.269 e. The number of hydrogen-bond donors (Lipinski definition) is 1. The lowest BCUT2D eigenvalue weighted by Crippen LogP contribution is -2.45. The molecular formula is C16H18N6OS. The van der Waals surface area contributed by atoms with Gasteiger partial charge in [-0.25, -0.2) is 4.98 Å². The maximum Gasteiger partial charge on any atom is 0.269 e. The Morgan fingerprint density at radius 3 is 2.83 bits per heavy atom. The van der Waals surface area contributed by atoms with Crippen LogP contribution in [0.3, 0.4) is 0 Å². The Morgan fingerprint density at radius 1 is 1.29 bits per heavy atom. The van der Waals surface area contributed by atoms with Gasteiger partial charge in [0.2, 0.25) is 0 Å². The molecule has 1 saturated heterocycles. The van der Waals surface area contributed by atoms with E-state index in [1.54, 1.807) is 47.7 Å². The Hall–Kier alpha value is -2.48. The lowest BCUT2D eigenvalue weighted by molar-refractivity contribution is 0.0921. The lowest BCUT2D eigenvalue weighted by Gasteiger charge is -2.32. The molecule has 4 heterocycles. The van der Waals surface area contributed by atoms with E-state index >= 15 is 0 Å². The van der Waals surface area contributed by atoms with Crippen molar-refractivity contribution in [1.82, 2.24) is 25.1 Å². The molecule has 7 nitrogen and oxygen atoms in total. The molecule has 1 aliphatic rings. The topological polar surface area (TPSA) is 75.9 Å². The van der Waals surface area contributed by atoms with Crippen LogP contribution >= 0.6 is 11.3 Å². The molecule has 1 aliphatic heterocycles. The number of fused-ring (bicyclic) bond motifs is 1. The Morgan fingerprint density at radius 2 is 2.12 bits per heavy atom. The number of nitrogens with one attached hydrogen (secondary N) is 1. The molecule has 3 aromatic rings. The van der Waals surface area contributed by atoms with E-state index in [1.807, 2.05) is 6.07 Å². The van der Waals surface area contributed by atoms with Gasteiger partial charge >= 0.3 is 0 Å². The summed E-state index contributed by atoms with van der Waals surface area (Å²) in [5.41, 5.74) is 1.54. The van der Waals surface area contributed by atoms with E-state index in [0.29, 0.717) is 5.69 Å². The number of thiazole rings is 1. The van der Waals surface area contributed by atoms with Gasteiger partial charge in [0.15, 0.2) is 5.13 Å². The average Bonchev–Trinajstić information content (AvgIpc) is 3.21. The van der Waals surface area contributed by atoms with Crippen LogP contribution in [0, 0.1) is 0 Å². The highest BCUT2D eigenvalue weighted by Crippen LogP contribution is 2.29. The zero-order valence-corrected chi connectivity index (χ0v) is 14.2. The van der Waals surface area contributed by atoms with Crippen molar-refractivity contribution >= 4 is 32.6 Å². The molecule has 8 heteroatoms. The van der Waals surface area contributed by atoms with E-state index in [-0.39, 0.29) is 11.9 Å². The molecule has 1 N–H and O–H groups in total. The molecule has 124 valence electrons. The van der Waals surface area contributed by atoms with Gasteiger partial charge in [-0.2, -0.15) is 5.10 Å². The van der Waals surface area contributed by atoms with Crippen molar-refractivity contribution in [3.8, 4) is 0 Å². The van der Waals surface area contributed by atoms with Crippen molar-refractivity contribution < 1.29 is 4.79 Å². The van der Waals surface area contributed by atoms with Crippen LogP contribution in [0.1, 0.15) is 23.3 Å². The summed E-state index contributed by atoms with van der Waals surface area (Å²) in [7, 11) is 1.78. The summed E-state index contributed by atoms with van der Waals surface area (Å²) >= 11 is 1.69. The van der Waals surface area contributed by atoms with Crippen LogP contribution in [0.15, 0.2) is 30.7 Å². The van der Waals surface area contributed by atoms with Crippen LogP contribution in [0.2, 0.25) is 0 Å². The van der Waals surface area contributed by atoms with E-state index in [1.165, 1.54) is 0 Å². The minimum absolute atomic E-state index is 0.0560. The molecular weight excluding hydrogens is 324 g/mol. The van der Waals surface area contributed by atoms with Gasteiger partial charge in [0.05, 0.1) is 10.9 Å². The van der Waals surface area contributed by atoms with E-state index in [2.05, 4.69) is 25.3 Å². The van der Waals surface area contributed by atoms with Gasteiger partial charge in [-0.3, -0.25) is 14.5 Å². The third-order valence-corrected chi connectivity index (χ3v) is 5.43. The number of aromatic nitrogens is 4. The standard InChI is InChI=1S/C16H18N6OS/c1-21-13(2-7-18-21)15(23)19-11-4-8-22(9-5-11)16-20-12-10-17-6-3-14(12)24-16/h2-3,6-7,10-11H,4-5,8-9H2,1H3,(H,19,23). The average molecular weight is 342 g/mol. The molecule has 24 heavy (non-hydrogen) atoms. The number of hydrogen-bond acceptors (Lipinski definition) is 6. The molecule has 3 aromatic heterocycles. The third-order valence-electron chi connectivity index (χ3n) is 4.33. The number of amides is 1. The number of piperidine rings is 1. The molecule has 0 atom stereocenters. The fraction of sp³-hybridized carbons (Fsp3) is 0.375. The second-order valence-electron chi connectivity index (χ2n) is 5.91. The van der Waals surface area contributed by atoms with Crippen molar-refractivity contribution in [2.24, 2.45) is 7.05 Å². The summed E-state index contributed by atoms with van der Waals surface area (Å²) in [4.78, 5) is 23.3. The third kappa shape index (κ3) is 2.84. The van der Waals surface area contributed by atoms with Gasteiger partial charge in [0.1, 0.15) is 11.2 Å². The van der Waals surface area contributed by atoms with E-state index in [4.69, 9.17) is 0 Å². The molecule has 0 spiro atoms. The van der Waals surface area contributed by atoms with Crippen LogP contribution in [0.5, 0.6) is 0 Å². The van der Waals surface area contributed by atoms with Gasteiger partial charge in [0, 0.05) is 38.6 Å². The highest BCUT2D eigenvalue weighted by Gasteiger charge is 2.23. The van der Waals surface area contributed by atoms with Gasteiger partial charge < -0.3 is 10.2 Å². The zero-order valence-electron chi connectivity index (χ0n) is 13.3. The Bertz CT molecular complexity index is 831. The lowest BCUT2D eigenvalue weighted by atomic mass is 10.1. The predicted molar refractivity (Wildman–Crippen MR) is 93.3 cm³/mol. The summed E-state index contributed by atoms with van der Waals surface area (Å²) in [6.07, 6.45) is 7.07. The quantitative estimate of drug-likeness (QED) is 0.786. The Labute approximate surface area is 143 Å². The molecule has 4 rings (SSSR count). The normalized spacial score (nSPS) is 15.8. The second-order valence-corrected chi connectivity index (χ2v) is 6.92. The number of carbonyl (C=O) groups is 1. The highest BCUT2D eigenvalue weighted by molar-refractivity contribution is 7.22. The van der Waals surface area contributed by atoms with Gasteiger partial charge in [-0.05, 0) is 25.0 Å². The summed E-state index contributed by atoms with van der Waals surface area (Å²) in [6.45, 7) is 1.78. The fourth-order valence-corrected chi connectivity index (χ4v) is 3.96. The monoisotopic (exact) mass is 342 g/mol. The van der Waals surface area contributed by atoms with E-state index < -0.39 is 0 Å². The number of anilines is 1. The first-order chi connectivity index (χ1) is 11.7. The molecule has 0 aromatic carbocycles.